The molecule has 0 amide bonds. The molecule has 0 aliphatic heterocycles. The predicted molar refractivity (Wildman–Crippen MR) is 91.8 cm³/mol. The Kier molecular flexibility index (Phi) is 6.20. The summed E-state index contributed by atoms with van der Waals surface area (Å²) in [5.41, 5.74) is 2.24. The highest BCUT2D eigenvalue weighted by molar-refractivity contribution is 6.07. The molecule has 0 aromatic heterocycles. The van der Waals surface area contributed by atoms with Crippen molar-refractivity contribution in [1.82, 2.24) is 0 Å². The second-order valence-corrected chi connectivity index (χ2v) is 5.04. The fourth-order valence-corrected chi connectivity index (χ4v) is 2.33. The fraction of sp³-hybridized carbons (Fsp3) is 0.150. The van der Waals surface area contributed by atoms with Crippen molar-refractivity contribution in [3.63, 3.8) is 0 Å². The van der Waals surface area contributed by atoms with E-state index in [0.29, 0.717) is 5.57 Å². The van der Waals surface area contributed by atoms with Gasteiger partial charge < -0.3 is 9.47 Å². The number of carbonyl (C=O) groups is 2. The molecule has 2 aromatic carbocycles. The maximum atomic E-state index is 12.2. The smallest absolute Gasteiger partial charge is 0.334 e. The van der Waals surface area contributed by atoms with Crippen molar-refractivity contribution >= 4 is 17.5 Å². The molecule has 0 atom stereocenters. The number of benzene rings is 2. The zero-order valence-corrected chi connectivity index (χ0v) is 13.6. The predicted octanol–water partition coefficient (Wildman–Crippen LogP) is 3.28. The van der Waals surface area contributed by atoms with Crippen molar-refractivity contribution < 1.29 is 19.1 Å². The van der Waals surface area contributed by atoms with Gasteiger partial charge in [-0.2, -0.15) is 0 Å². The number of carbonyl (C=O) groups excluding carboxylic acids is 2. The lowest BCUT2D eigenvalue weighted by Gasteiger charge is -2.14. The summed E-state index contributed by atoms with van der Waals surface area (Å²) in [6.45, 7) is 0. The van der Waals surface area contributed by atoms with Crippen LogP contribution in [0.3, 0.4) is 0 Å². The zero-order chi connectivity index (χ0) is 17.4. The summed E-state index contributed by atoms with van der Waals surface area (Å²) in [5.74, 6) is -2.45. The summed E-state index contributed by atoms with van der Waals surface area (Å²) in [6.07, 6.45) is 3.60. The lowest BCUT2D eigenvalue weighted by atomic mass is 9.90. The van der Waals surface area contributed by atoms with Crippen molar-refractivity contribution in [3.05, 3.63) is 84.3 Å². The number of rotatable bonds is 6. The minimum atomic E-state index is -1.14. The first-order valence-electron chi connectivity index (χ1n) is 7.48. The Morgan fingerprint density at radius 2 is 1.38 bits per heavy atom. The first-order chi connectivity index (χ1) is 11.7. The molecule has 0 heterocycles. The molecule has 24 heavy (non-hydrogen) atoms. The van der Waals surface area contributed by atoms with Gasteiger partial charge >= 0.3 is 11.9 Å². The van der Waals surface area contributed by atoms with Crippen LogP contribution in [0, 0.1) is 12.3 Å². The highest BCUT2D eigenvalue weighted by atomic mass is 16.5. The summed E-state index contributed by atoms with van der Waals surface area (Å²) in [4.78, 5) is 24.3. The van der Waals surface area contributed by atoms with E-state index in [1.54, 1.807) is 6.08 Å². The molecule has 122 valence electrons. The van der Waals surface area contributed by atoms with Crippen molar-refractivity contribution in [3.8, 4) is 0 Å². The zero-order valence-electron chi connectivity index (χ0n) is 13.6. The molecule has 0 N–H and O–H groups in total. The standard InChI is InChI=1S/C20H19O4/c1-23-19(21)18(20(22)24-2)17(16-11-7-4-8-12-16)14-13-15-9-5-3-6-10-15/h3-14,18H,1-2H3/q+1/b17-14+. The van der Waals surface area contributed by atoms with Gasteiger partial charge in [-0.3, -0.25) is 0 Å². The van der Waals surface area contributed by atoms with E-state index >= 15 is 0 Å². The molecular weight excluding hydrogens is 304 g/mol. The minimum absolute atomic E-state index is 0.526. The molecular formula is C20H19O4+. The van der Waals surface area contributed by atoms with Crippen LogP contribution in [0.25, 0.3) is 5.57 Å². The monoisotopic (exact) mass is 323 g/mol. The van der Waals surface area contributed by atoms with Crippen LogP contribution in [0.5, 0.6) is 0 Å². The second kappa shape index (κ2) is 8.58. The molecule has 2 aromatic rings. The van der Waals surface area contributed by atoms with E-state index in [9.17, 15) is 9.59 Å². The maximum Gasteiger partial charge on any atom is 0.334 e. The van der Waals surface area contributed by atoms with Gasteiger partial charge in [0.2, 0.25) is 5.92 Å². The lowest BCUT2D eigenvalue weighted by molar-refractivity contribution is -0.155. The lowest BCUT2D eigenvalue weighted by Crippen LogP contribution is -2.27. The third-order valence-corrected chi connectivity index (χ3v) is 3.55. The van der Waals surface area contributed by atoms with E-state index < -0.39 is 17.9 Å². The first-order valence-corrected chi connectivity index (χ1v) is 7.48. The Hall–Kier alpha value is -3.01. The van der Waals surface area contributed by atoms with Gasteiger partial charge in [0.25, 0.3) is 0 Å². The fourth-order valence-electron chi connectivity index (χ4n) is 2.33. The van der Waals surface area contributed by atoms with Crippen molar-refractivity contribution in [2.75, 3.05) is 14.2 Å². The Bertz CT molecular complexity index is 689. The third-order valence-electron chi connectivity index (χ3n) is 3.55. The molecule has 4 nitrogen and oxygen atoms in total. The molecule has 0 unspecified atom stereocenters. The van der Waals surface area contributed by atoms with Crippen LogP contribution in [0.4, 0.5) is 0 Å². The quantitative estimate of drug-likeness (QED) is 0.465. The number of esters is 2. The summed E-state index contributed by atoms with van der Waals surface area (Å²) in [6, 6.07) is 18.9. The van der Waals surface area contributed by atoms with Gasteiger partial charge in [0, 0.05) is 30.2 Å². The Labute approximate surface area is 141 Å². The van der Waals surface area contributed by atoms with E-state index in [1.807, 2.05) is 67.1 Å². The molecule has 0 bridgehead atoms. The first kappa shape index (κ1) is 17.3. The summed E-state index contributed by atoms with van der Waals surface area (Å²) in [5, 5.41) is 0. The third kappa shape index (κ3) is 4.26. The van der Waals surface area contributed by atoms with Crippen LogP contribution >= 0.6 is 0 Å². The topological polar surface area (TPSA) is 52.6 Å². The number of ether oxygens (including phenoxy) is 2. The van der Waals surface area contributed by atoms with Crippen molar-refractivity contribution in [1.29, 1.82) is 0 Å². The van der Waals surface area contributed by atoms with E-state index in [1.165, 1.54) is 14.2 Å². The average molecular weight is 323 g/mol. The molecule has 0 fully saturated rings. The van der Waals surface area contributed by atoms with Crippen molar-refractivity contribution in [2.24, 2.45) is 5.92 Å². The normalized spacial score (nSPS) is 11.0. The molecule has 2 rings (SSSR count). The number of hydrogen-bond acceptors (Lipinski definition) is 4. The highest BCUT2D eigenvalue weighted by Gasteiger charge is 2.36. The van der Waals surface area contributed by atoms with Crippen LogP contribution in [0.2, 0.25) is 0 Å². The van der Waals surface area contributed by atoms with E-state index in [4.69, 9.17) is 9.47 Å². The molecule has 0 saturated heterocycles. The van der Waals surface area contributed by atoms with Crippen LogP contribution in [-0.4, -0.2) is 26.2 Å². The molecule has 0 spiro atoms. The van der Waals surface area contributed by atoms with Crippen LogP contribution in [0.15, 0.2) is 66.7 Å². The second-order valence-electron chi connectivity index (χ2n) is 5.04. The number of hydrogen-bond donors (Lipinski definition) is 0. The summed E-state index contributed by atoms with van der Waals surface area (Å²) < 4.78 is 9.59. The Morgan fingerprint density at radius 3 is 1.88 bits per heavy atom. The van der Waals surface area contributed by atoms with Crippen molar-refractivity contribution in [2.45, 2.75) is 0 Å². The molecule has 0 saturated carbocycles. The number of allylic oxidation sites excluding steroid dienone is 1. The van der Waals surface area contributed by atoms with E-state index in [2.05, 4.69) is 0 Å². The van der Waals surface area contributed by atoms with Crippen LogP contribution in [-0.2, 0) is 19.1 Å². The van der Waals surface area contributed by atoms with Gasteiger partial charge in [0.1, 0.15) is 0 Å². The van der Waals surface area contributed by atoms with Crippen LogP contribution < -0.4 is 0 Å². The van der Waals surface area contributed by atoms with Gasteiger partial charge in [-0.25, -0.2) is 9.59 Å². The minimum Gasteiger partial charge on any atom is -0.467 e. The van der Waals surface area contributed by atoms with Crippen LogP contribution in [0.1, 0.15) is 11.1 Å². The summed E-state index contributed by atoms with van der Waals surface area (Å²) >= 11 is 0. The highest BCUT2D eigenvalue weighted by Crippen LogP contribution is 2.27. The van der Waals surface area contributed by atoms with Gasteiger partial charge in [-0.15, -0.1) is 0 Å². The van der Waals surface area contributed by atoms with Gasteiger partial charge in [-0.1, -0.05) is 18.2 Å². The largest absolute Gasteiger partial charge is 0.467 e. The number of methoxy groups -OCH3 is 2. The average Bonchev–Trinajstić information content (AvgIpc) is 2.65. The van der Waals surface area contributed by atoms with E-state index in [0.717, 1.165) is 11.1 Å². The SMILES string of the molecule is COC(=O)C(C(=O)OC)/C(=C/[CH+]c1ccccc1)c1ccccc1. The Morgan fingerprint density at radius 1 is 0.875 bits per heavy atom. The molecule has 0 aliphatic carbocycles. The maximum absolute atomic E-state index is 12.2. The molecule has 4 heteroatoms. The van der Waals surface area contributed by atoms with E-state index in [-0.39, 0.29) is 0 Å². The van der Waals surface area contributed by atoms with Gasteiger partial charge in [0.15, 0.2) is 0 Å². The molecule has 0 aliphatic rings. The van der Waals surface area contributed by atoms with Gasteiger partial charge in [0.05, 0.1) is 25.4 Å². The van der Waals surface area contributed by atoms with Gasteiger partial charge in [-0.05, 0) is 30.3 Å². The Balaban J connectivity index is 2.45. The summed E-state index contributed by atoms with van der Waals surface area (Å²) in [7, 11) is 2.50. The molecule has 0 radical (unpaired) electrons.